The fourth-order valence-corrected chi connectivity index (χ4v) is 2.35. The predicted molar refractivity (Wildman–Crippen MR) is 83.5 cm³/mol. The molecule has 3 aromatic rings. The Labute approximate surface area is 141 Å². The predicted octanol–water partition coefficient (Wildman–Crippen LogP) is 3.63. The van der Waals surface area contributed by atoms with Crippen molar-refractivity contribution < 1.29 is 22.4 Å². The molecule has 0 spiro atoms. The average molecular weight is 349 g/mol. The van der Waals surface area contributed by atoms with Gasteiger partial charge in [0.25, 0.3) is 5.91 Å². The van der Waals surface area contributed by atoms with Crippen LogP contribution in [0.1, 0.15) is 21.6 Å². The molecule has 0 radical (unpaired) electrons. The summed E-state index contributed by atoms with van der Waals surface area (Å²) in [7, 11) is 1.60. The second-order valence-corrected chi connectivity index (χ2v) is 5.40. The SMILES string of the molecule is Cn1nc(-c2ccco2)cc1C(=O)NCc1cccc(C(F)(F)F)c1. The van der Waals surface area contributed by atoms with Gasteiger partial charge in [0.2, 0.25) is 0 Å². The van der Waals surface area contributed by atoms with Crippen LogP contribution in [0.2, 0.25) is 0 Å². The molecular formula is C17H14F3N3O2. The number of amides is 1. The molecule has 5 nitrogen and oxygen atoms in total. The summed E-state index contributed by atoms with van der Waals surface area (Å²) in [5, 5.41) is 6.78. The molecule has 0 fully saturated rings. The molecule has 0 bridgehead atoms. The number of rotatable bonds is 4. The van der Waals surface area contributed by atoms with Crippen molar-refractivity contribution in [3.8, 4) is 11.5 Å². The zero-order valence-electron chi connectivity index (χ0n) is 13.2. The van der Waals surface area contributed by atoms with Crippen LogP contribution in [0.4, 0.5) is 13.2 Å². The van der Waals surface area contributed by atoms with Gasteiger partial charge in [-0.25, -0.2) is 0 Å². The average Bonchev–Trinajstić information content (AvgIpc) is 3.21. The van der Waals surface area contributed by atoms with Crippen LogP contribution in [0, 0.1) is 0 Å². The highest BCUT2D eigenvalue weighted by Gasteiger charge is 2.30. The van der Waals surface area contributed by atoms with Crippen LogP contribution < -0.4 is 5.32 Å². The van der Waals surface area contributed by atoms with Crippen molar-refractivity contribution in [2.75, 3.05) is 0 Å². The molecule has 2 aromatic heterocycles. The number of nitrogens with zero attached hydrogens (tertiary/aromatic N) is 2. The van der Waals surface area contributed by atoms with Crippen LogP contribution >= 0.6 is 0 Å². The highest BCUT2D eigenvalue weighted by molar-refractivity contribution is 5.93. The Kier molecular flexibility index (Phi) is 4.35. The molecule has 0 aliphatic carbocycles. The van der Waals surface area contributed by atoms with Gasteiger partial charge in [-0.05, 0) is 29.8 Å². The van der Waals surface area contributed by atoms with Crippen LogP contribution in [0.5, 0.6) is 0 Å². The molecule has 2 heterocycles. The fourth-order valence-electron chi connectivity index (χ4n) is 2.35. The Balaban J connectivity index is 1.71. The summed E-state index contributed by atoms with van der Waals surface area (Å²) >= 11 is 0. The number of benzene rings is 1. The molecule has 0 saturated heterocycles. The summed E-state index contributed by atoms with van der Waals surface area (Å²) in [5.41, 5.74) is 0.381. The first-order chi connectivity index (χ1) is 11.8. The molecule has 1 aromatic carbocycles. The van der Waals surface area contributed by atoms with Crippen molar-refractivity contribution in [1.29, 1.82) is 0 Å². The molecule has 8 heteroatoms. The van der Waals surface area contributed by atoms with Gasteiger partial charge in [-0.1, -0.05) is 12.1 Å². The van der Waals surface area contributed by atoms with Crippen molar-refractivity contribution >= 4 is 5.91 Å². The van der Waals surface area contributed by atoms with Gasteiger partial charge in [-0.2, -0.15) is 18.3 Å². The summed E-state index contributed by atoms with van der Waals surface area (Å²) in [6, 6.07) is 9.81. The molecule has 0 aliphatic rings. The Hall–Kier alpha value is -3.03. The van der Waals surface area contributed by atoms with Gasteiger partial charge in [0.1, 0.15) is 11.4 Å². The third-order valence-corrected chi connectivity index (χ3v) is 3.59. The summed E-state index contributed by atoms with van der Waals surface area (Å²) < 4.78 is 44.8. The van der Waals surface area contributed by atoms with Crippen LogP contribution in [-0.4, -0.2) is 15.7 Å². The molecule has 130 valence electrons. The van der Waals surface area contributed by atoms with Gasteiger partial charge in [0, 0.05) is 19.7 Å². The van der Waals surface area contributed by atoms with E-state index < -0.39 is 17.6 Å². The van der Waals surface area contributed by atoms with Gasteiger partial charge < -0.3 is 9.73 Å². The van der Waals surface area contributed by atoms with E-state index in [1.54, 1.807) is 25.2 Å². The molecular weight excluding hydrogens is 335 g/mol. The lowest BCUT2D eigenvalue weighted by molar-refractivity contribution is -0.137. The minimum atomic E-state index is -4.42. The Morgan fingerprint density at radius 1 is 1.24 bits per heavy atom. The number of nitrogens with one attached hydrogen (secondary N) is 1. The van der Waals surface area contributed by atoms with Crippen LogP contribution in [0.25, 0.3) is 11.5 Å². The monoisotopic (exact) mass is 349 g/mol. The highest BCUT2D eigenvalue weighted by atomic mass is 19.4. The smallest absolute Gasteiger partial charge is 0.416 e. The van der Waals surface area contributed by atoms with E-state index in [-0.39, 0.29) is 12.2 Å². The Morgan fingerprint density at radius 2 is 2.04 bits per heavy atom. The first-order valence-electron chi connectivity index (χ1n) is 7.37. The second kappa shape index (κ2) is 6.46. The van der Waals surface area contributed by atoms with E-state index in [0.29, 0.717) is 17.0 Å². The van der Waals surface area contributed by atoms with Gasteiger partial charge in [0.05, 0.1) is 11.8 Å². The van der Waals surface area contributed by atoms with E-state index in [0.717, 1.165) is 12.1 Å². The highest BCUT2D eigenvalue weighted by Crippen LogP contribution is 2.29. The molecule has 1 N–H and O–H groups in total. The van der Waals surface area contributed by atoms with E-state index in [2.05, 4.69) is 10.4 Å². The third kappa shape index (κ3) is 3.73. The zero-order chi connectivity index (χ0) is 18.0. The van der Waals surface area contributed by atoms with Crippen molar-refractivity contribution in [2.24, 2.45) is 7.05 Å². The number of carbonyl (C=O) groups is 1. The lowest BCUT2D eigenvalue weighted by atomic mass is 10.1. The number of aryl methyl sites for hydroxylation is 1. The van der Waals surface area contributed by atoms with Crippen LogP contribution in [0.3, 0.4) is 0 Å². The number of hydrogen-bond donors (Lipinski definition) is 1. The first kappa shape index (κ1) is 16.8. The van der Waals surface area contributed by atoms with E-state index >= 15 is 0 Å². The third-order valence-electron chi connectivity index (χ3n) is 3.59. The maximum absolute atomic E-state index is 12.7. The maximum atomic E-state index is 12.7. The van der Waals surface area contributed by atoms with Crippen molar-refractivity contribution in [3.63, 3.8) is 0 Å². The van der Waals surface area contributed by atoms with Crippen molar-refractivity contribution in [1.82, 2.24) is 15.1 Å². The van der Waals surface area contributed by atoms with Gasteiger partial charge in [0.15, 0.2) is 5.76 Å². The first-order valence-corrected chi connectivity index (χ1v) is 7.37. The molecule has 0 unspecified atom stereocenters. The lowest BCUT2D eigenvalue weighted by Gasteiger charge is -2.09. The van der Waals surface area contributed by atoms with Gasteiger partial charge in [-0.15, -0.1) is 0 Å². The van der Waals surface area contributed by atoms with Crippen molar-refractivity contribution in [3.05, 3.63) is 65.5 Å². The number of aromatic nitrogens is 2. The van der Waals surface area contributed by atoms with Gasteiger partial charge in [-0.3, -0.25) is 9.48 Å². The van der Waals surface area contributed by atoms with E-state index in [1.807, 2.05) is 0 Å². The van der Waals surface area contributed by atoms with Gasteiger partial charge >= 0.3 is 6.18 Å². The van der Waals surface area contributed by atoms with Crippen LogP contribution in [-0.2, 0) is 19.8 Å². The Morgan fingerprint density at radius 3 is 2.72 bits per heavy atom. The summed E-state index contributed by atoms with van der Waals surface area (Å²) in [6.07, 6.45) is -2.92. The quantitative estimate of drug-likeness (QED) is 0.782. The number of furan rings is 1. The molecule has 1 amide bonds. The summed E-state index contributed by atoms with van der Waals surface area (Å²) in [6.45, 7) is -0.0238. The topological polar surface area (TPSA) is 60.1 Å². The van der Waals surface area contributed by atoms with E-state index in [1.165, 1.54) is 23.1 Å². The maximum Gasteiger partial charge on any atom is 0.416 e. The van der Waals surface area contributed by atoms with E-state index in [4.69, 9.17) is 4.42 Å². The van der Waals surface area contributed by atoms with E-state index in [9.17, 15) is 18.0 Å². The molecule has 0 aliphatic heterocycles. The second-order valence-electron chi connectivity index (χ2n) is 5.40. The normalized spacial score (nSPS) is 11.5. The Bertz CT molecular complexity index is 883. The standard InChI is InChI=1S/C17H14F3N3O2/c1-23-14(9-13(22-23)15-6-3-7-25-15)16(24)21-10-11-4-2-5-12(8-11)17(18,19)20/h2-9H,10H2,1H3,(H,21,24). The number of carbonyl (C=O) groups excluding carboxylic acids is 1. The summed E-state index contributed by atoms with van der Waals surface area (Å²) in [4.78, 5) is 12.3. The minimum Gasteiger partial charge on any atom is -0.463 e. The number of halogens is 3. The molecule has 0 saturated carbocycles. The zero-order valence-corrected chi connectivity index (χ0v) is 13.2. The lowest BCUT2D eigenvalue weighted by Crippen LogP contribution is -2.25. The summed E-state index contributed by atoms with van der Waals surface area (Å²) in [5.74, 6) is 0.0812. The van der Waals surface area contributed by atoms with Crippen molar-refractivity contribution in [2.45, 2.75) is 12.7 Å². The number of hydrogen-bond acceptors (Lipinski definition) is 3. The minimum absolute atomic E-state index is 0.0238. The largest absolute Gasteiger partial charge is 0.463 e. The fraction of sp³-hybridized carbons (Fsp3) is 0.176. The molecule has 3 rings (SSSR count). The molecule has 0 atom stereocenters. The van der Waals surface area contributed by atoms with Crippen LogP contribution in [0.15, 0.2) is 53.1 Å². The molecule has 25 heavy (non-hydrogen) atoms. The number of alkyl halides is 3.